The zero-order chi connectivity index (χ0) is 14.5. The monoisotopic (exact) mass is 276 g/mol. The van der Waals surface area contributed by atoms with Crippen LogP contribution < -0.4 is 4.74 Å². The highest BCUT2D eigenvalue weighted by Gasteiger charge is 2.13. The summed E-state index contributed by atoms with van der Waals surface area (Å²) in [6, 6.07) is 9.42. The van der Waals surface area contributed by atoms with E-state index >= 15 is 0 Å². The number of rotatable bonds is 5. The molecule has 1 aromatic heterocycles. The van der Waals surface area contributed by atoms with Gasteiger partial charge in [-0.3, -0.25) is 4.79 Å². The Balaban J connectivity index is 1.83. The van der Waals surface area contributed by atoms with Crippen LogP contribution >= 0.6 is 0 Å². The first kappa shape index (κ1) is 14.1. The average Bonchev–Trinajstić information content (AvgIpc) is 2.86. The number of carbonyl (C=O) groups is 1. The van der Waals surface area contributed by atoms with Gasteiger partial charge in [-0.15, -0.1) is 0 Å². The van der Waals surface area contributed by atoms with E-state index in [0.717, 1.165) is 0 Å². The molecule has 0 fully saturated rings. The van der Waals surface area contributed by atoms with Crippen LogP contribution in [0.2, 0.25) is 0 Å². The number of hydrogen-bond donors (Lipinski definition) is 0. The van der Waals surface area contributed by atoms with E-state index < -0.39 is 0 Å². The molecule has 2 aromatic rings. The Hall–Kier alpha value is -2.30. The summed E-state index contributed by atoms with van der Waals surface area (Å²) in [7, 11) is 3.56. The van der Waals surface area contributed by atoms with Crippen molar-refractivity contribution in [1.29, 1.82) is 0 Å². The lowest BCUT2D eigenvalue weighted by Crippen LogP contribution is -2.32. The number of aromatic nitrogens is 1. The number of carbonyl (C=O) groups excluding carboxylic acids is 1. The fourth-order valence-corrected chi connectivity index (χ4v) is 1.81. The molecular formula is C15H17FN2O2. The van der Waals surface area contributed by atoms with Crippen molar-refractivity contribution < 1.29 is 13.9 Å². The van der Waals surface area contributed by atoms with Crippen molar-refractivity contribution in [3.8, 4) is 5.75 Å². The van der Waals surface area contributed by atoms with Gasteiger partial charge in [0.2, 0.25) is 0 Å². The number of halogens is 1. The zero-order valence-corrected chi connectivity index (χ0v) is 11.5. The van der Waals surface area contributed by atoms with E-state index in [-0.39, 0.29) is 11.7 Å². The van der Waals surface area contributed by atoms with Gasteiger partial charge in [-0.2, -0.15) is 0 Å². The molecule has 0 saturated heterocycles. The third-order valence-corrected chi connectivity index (χ3v) is 3.02. The highest BCUT2D eigenvalue weighted by atomic mass is 19.1. The van der Waals surface area contributed by atoms with E-state index in [1.165, 1.54) is 12.1 Å². The van der Waals surface area contributed by atoms with Gasteiger partial charge in [0, 0.05) is 20.3 Å². The molecule has 0 spiro atoms. The molecule has 5 heteroatoms. The number of aryl methyl sites for hydroxylation is 1. The minimum absolute atomic E-state index is 0.0554. The molecule has 0 atom stereocenters. The van der Waals surface area contributed by atoms with Crippen LogP contribution in [0.25, 0.3) is 0 Å². The Morgan fingerprint density at radius 3 is 2.60 bits per heavy atom. The highest BCUT2D eigenvalue weighted by molar-refractivity contribution is 5.92. The third-order valence-electron chi connectivity index (χ3n) is 3.02. The first-order chi connectivity index (χ1) is 9.58. The predicted octanol–water partition coefficient (Wildman–Crippen LogP) is 2.32. The van der Waals surface area contributed by atoms with Crippen molar-refractivity contribution in [3.05, 3.63) is 54.1 Å². The lowest BCUT2D eigenvalue weighted by atomic mass is 10.3. The van der Waals surface area contributed by atoms with Crippen LogP contribution in [0.15, 0.2) is 42.6 Å². The van der Waals surface area contributed by atoms with Crippen molar-refractivity contribution in [2.75, 3.05) is 20.2 Å². The first-order valence-electron chi connectivity index (χ1n) is 6.33. The molecule has 1 amide bonds. The summed E-state index contributed by atoms with van der Waals surface area (Å²) in [4.78, 5) is 13.7. The number of nitrogens with zero attached hydrogens (tertiary/aromatic N) is 2. The Bertz CT molecular complexity index is 578. The zero-order valence-electron chi connectivity index (χ0n) is 11.5. The highest BCUT2D eigenvalue weighted by Crippen LogP contribution is 2.11. The summed E-state index contributed by atoms with van der Waals surface area (Å²) in [6.07, 6.45) is 1.83. The van der Waals surface area contributed by atoms with Gasteiger partial charge < -0.3 is 14.2 Å². The van der Waals surface area contributed by atoms with Crippen LogP contribution in [0.3, 0.4) is 0 Å². The maximum atomic E-state index is 12.7. The van der Waals surface area contributed by atoms with Gasteiger partial charge in [-0.25, -0.2) is 4.39 Å². The number of likely N-dealkylation sites (N-methyl/N-ethyl adjacent to an activating group) is 1. The Morgan fingerprint density at radius 1 is 1.30 bits per heavy atom. The number of benzene rings is 1. The van der Waals surface area contributed by atoms with Crippen LogP contribution in [0.5, 0.6) is 5.75 Å². The molecule has 0 radical (unpaired) electrons. The summed E-state index contributed by atoms with van der Waals surface area (Å²) in [6.45, 7) is 0.819. The van der Waals surface area contributed by atoms with E-state index in [9.17, 15) is 9.18 Å². The van der Waals surface area contributed by atoms with Crippen molar-refractivity contribution in [3.63, 3.8) is 0 Å². The Morgan fingerprint density at radius 2 is 2.00 bits per heavy atom. The second-order valence-corrected chi connectivity index (χ2v) is 4.53. The molecule has 106 valence electrons. The van der Waals surface area contributed by atoms with Crippen molar-refractivity contribution in [2.45, 2.75) is 0 Å². The molecule has 0 aliphatic heterocycles. The molecule has 0 bridgehead atoms. The smallest absolute Gasteiger partial charge is 0.270 e. The van der Waals surface area contributed by atoms with E-state index in [0.29, 0.717) is 24.6 Å². The fourth-order valence-electron chi connectivity index (χ4n) is 1.81. The first-order valence-corrected chi connectivity index (χ1v) is 6.33. The van der Waals surface area contributed by atoms with Crippen LogP contribution in [0, 0.1) is 5.82 Å². The lowest BCUT2D eigenvalue weighted by molar-refractivity contribution is 0.0764. The number of ether oxygens (including phenoxy) is 1. The van der Waals surface area contributed by atoms with Crippen molar-refractivity contribution >= 4 is 5.91 Å². The van der Waals surface area contributed by atoms with Crippen LogP contribution in [0.1, 0.15) is 10.5 Å². The van der Waals surface area contributed by atoms with Crippen LogP contribution in [-0.2, 0) is 7.05 Å². The van der Waals surface area contributed by atoms with Gasteiger partial charge in [0.25, 0.3) is 5.91 Å². The van der Waals surface area contributed by atoms with Crippen molar-refractivity contribution in [2.24, 2.45) is 7.05 Å². The number of amides is 1. The largest absolute Gasteiger partial charge is 0.492 e. The normalized spacial score (nSPS) is 10.3. The molecule has 0 saturated carbocycles. The van der Waals surface area contributed by atoms with Crippen molar-refractivity contribution in [1.82, 2.24) is 9.47 Å². The Kier molecular flexibility index (Phi) is 4.40. The summed E-state index contributed by atoms with van der Waals surface area (Å²) >= 11 is 0. The number of hydrogen-bond acceptors (Lipinski definition) is 2. The second-order valence-electron chi connectivity index (χ2n) is 4.53. The van der Waals surface area contributed by atoms with E-state index in [1.54, 1.807) is 34.7 Å². The minimum atomic E-state index is -0.298. The van der Waals surface area contributed by atoms with Gasteiger partial charge in [0.15, 0.2) is 0 Å². The summed E-state index contributed by atoms with van der Waals surface area (Å²) < 4.78 is 20.0. The SMILES string of the molecule is CN(CCOc1ccc(F)cc1)C(=O)c1cccn1C. The predicted molar refractivity (Wildman–Crippen MR) is 74.3 cm³/mol. The quantitative estimate of drug-likeness (QED) is 0.840. The summed E-state index contributed by atoms with van der Waals surface area (Å²) in [5.74, 6) is 0.236. The molecule has 0 N–H and O–H groups in total. The molecule has 4 nitrogen and oxygen atoms in total. The Labute approximate surface area is 117 Å². The van der Waals surface area contributed by atoms with Gasteiger partial charge in [0.05, 0.1) is 6.54 Å². The minimum Gasteiger partial charge on any atom is -0.492 e. The van der Waals surface area contributed by atoms with Crippen LogP contribution in [-0.4, -0.2) is 35.6 Å². The summed E-state index contributed by atoms with van der Waals surface area (Å²) in [5, 5.41) is 0. The van der Waals surface area contributed by atoms with Gasteiger partial charge in [-0.05, 0) is 36.4 Å². The molecule has 20 heavy (non-hydrogen) atoms. The van der Waals surface area contributed by atoms with E-state index in [1.807, 2.05) is 19.3 Å². The van der Waals surface area contributed by atoms with Gasteiger partial charge in [0.1, 0.15) is 23.9 Å². The van der Waals surface area contributed by atoms with Crippen LogP contribution in [0.4, 0.5) is 4.39 Å². The standard InChI is InChI=1S/C15H17FN2O2/c1-17-9-3-4-14(17)15(19)18(2)10-11-20-13-7-5-12(16)6-8-13/h3-9H,10-11H2,1-2H3. The molecule has 2 rings (SSSR count). The lowest BCUT2D eigenvalue weighted by Gasteiger charge is -2.17. The average molecular weight is 276 g/mol. The second kappa shape index (κ2) is 6.23. The molecule has 0 aliphatic carbocycles. The van der Waals surface area contributed by atoms with Gasteiger partial charge >= 0.3 is 0 Å². The fraction of sp³-hybridized carbons (Fsp3) is 0.267. The maximum absolute atomic E-state index is 12.7. The molecule has 0 aliphatic rings. The molecule has 0 unspecified atom stereocenters. The summed E-state index contributed by atoms with van der Waals surface area (Å²) in [5.41, 5.74) is 0.634. The van der Waals surface area contributed by atoms with E-state index in [2.05, 4.69) is 0 Å². The van der Waals surface area contributed by atoms with Gasteiger partial charge in [-0.1, -0.05) is 0 Å². The topological polar surface area (TPSA) is 34.5 Å². The molecular weight excluding hydrogens is 259 g/mol. The molecule has 1 aromatic carbocycles. The molecule has 1 heterocycles. The maximum Gasteiger partial charge on any atom is 0.270 e. The van der Waals surface area contributed by atoms with E-state index in [4.69, 9.17) is 4.74 Å². The third kappa shape index (κ3) is 3.38.